The molecule has 1 rings (SSSR count). The lowest BCUT2D eigenvalue weighted by Crippen LogP contribution is -2.38. The minimum Gasteiger partial charge on any atom is -0.383 e. The average molecular weight is 209 g/mol. The van der Waals surface area contributed by atoms with E-state index in [1.54, 1.807) is 13.3 Å². The van der Waals surface area contributed by atoms with Crippen LogP contribution in [-0.4, -0.2) is 43.2 Å². The van der Waals surface area contributed by atoms with Gasteiger partial charge in [-0.25, -0.2) is 0 Å². The number of hydrogen-bond acceptors (Lipinski definition) is 4. The fraction of sp³-hybridized carbons (Fsp3) is 0.545. The molecule has 2 N–H and O–H groups in total. The first-order valence-electron chi connectivity index (χ1n) is 5.04. The summed E-state index contributed by atoms with van der Waals surface area (Å²) in [7, 11) is 3.71. The van der Waals surface area contributed by atoms with E-state index in [0.29, 0.717) is 6.61 Å². The topological polar surface area (TPSA) is 51.4 Å². The minimum absolute atomic E-state index is 0.0664. The maximum Gasteiger partial charge on any atom is 0.0626 e. The van der Waals surface area contributed by atoms with E-state index in [2.05, 4.69) is 16.0 Å². The van der Waals surface area contributed by atoms with Crippen molar-refractivity contribution in [1.82, 2.24) is 9.88 Å². The lowest BCUT2D eigenvalue weighted by molar-refractivity contribution is 0.160. The van der Waals surface area contributed by atoms with Gasteiger partial charge in [0, 0.05) is 38.6 Å². The Labute approximate surface area is 91.1 Å². The van der Waals surface area contributed by atoms with E-state index in [0.717, 1.165) is 13.1 Å². The summed E-state index contributed by atoms with van der Waals surface area (Å²) >= 11 is 0. The van der Waals surface area contributed by atoms with Crippen LogP contribution in [0.1, 0.15) is 5.56 Å². The fourth-order valence-electron chi connectivity index (χ4n) is 1.53. The predicted octanol–water partition coefficient (Wildman–Crippen LogP) is 0.487. The second-order valence-corrected chi connectivity index (χ2v) is 3.77. The summed E-state index contributed by atoms with van der Waals surface area (Å²) in [5, 5.41) is 0. The molecule has 1 atom stereocenters. The molecule has 0 radical (unpaired) electrons. The van der Waals surface area contributed by atoms with Crippen molar-refractivity contribution in [3.8, 4) is 0 Å². The van der Waals surface area contributed by atoms with Gasteiger partial charge in [-0.1, -0.05) is 6.07 Å². The minimum atomic E-state index is 0.0664. The number of nitrogens with two attached hydrogens (primary N) is 1. The van der Waals surface area contributed by atoms with Crippen molar-refractivity contribution in [2.45, 2.75) is 12.6 Å². The monoisotopic (exact) mass is 209 g/mol. The number of pyridine rings is 1. The fourth-order valence-corrected chi connectivity index (χ4v) is 1.53. The van der Waals surface area contributed by atoms with Crippen molar-refractivity contribution in [1.29, 1.82) is 0 Å². The summed E-state index contributed by atoms with van der Waals surface area (Å²) in [6.45, 7) is 2.28. The van der Waals surface area contributed by atoms with Gasteiger partial charge in [-0.05, 0) is 18.7 Å². The largest absolute Gasteiger partial charge is 0.383 e. The van der Waals surface area contributed by atoms with Crippen LogP contribution < -0.4 is 5.73 Å². The van der Waals surface area contributed by atoms with Crippen molar-refractivity contribution in [2.75, 3.05) is 27.3 Å². The first kappa shape index (κ1) is 12.1. The Morgan fingerprint density at radius 1 is 1.60 bits per heavy atom. The molecule has 4 heteroatoms. The van der Waals surface area contributed by atoms with E-state index >= 15 is 0 Å². The predicted molar refractivity (Wildman–Crippen MR) is 60.4 cm³/mol. The van der Waals surface area contributed by atoms with Crippen molar-refractivity contribution in [2.24, 2.45) is 5.73 Å². The van der Waals surface area contributed by atoms with E-state index in [-0.39, 0.29) is 6.04 Å². The van der Waals surface area contributed by atoms with E-state index in [4.69, 9.17) is 10.5 Å². The molecule has 0 aliphatic heterocycles. The highest BCUT2D eigenvalue weighted by Gasteiger charge is 2.06. The second kappa shape index (κ2) is 6.50. The lowest BCUT2D eigenvalue weighted by Gasteiger charge is -2.20. The number of methoxy groups -OCH3 is 1. The molecule has 4 nitrogen and oxygen atoms in total. The highest BCUT2D eigenvalue weighted by molar-refractivity contribution is 5.07. The number of rotatable bonds is 6. The summed E-state index contributed by atoms with van der Waals surface area (Å²) in [6, 6.07) is 4.07. The molecule has 0 saturated heterocycles. The Morgan fingerprint density at radius 3 is 3.00 bits per heavy atom. The molecule has 0 spiro atoms. The molecule has 0 aliphatic rings. The molecule has 1 unspecified atom stereocenters. The van der Waals surface area contributed by atoms with Crippen LogP contribution in [0.2, 0.25) is 0 Å². The second-order valence-electron chi connectivity index (χ2n) is 3.77. The molecule has 0 aromatic carbocycles. The maximum absolute atomic E-state index is 5.86. The smallest absolute Gasteiger partial charge is 0.0626 e. The Hall–Kier alpha value is -0.970. The third kappa shape index (κ3) is 4.88. The molecule has 1 heterocycles. The third-order valence-corrected chi connectivity index (χ3v) is 2.10. The van der Waals surface area contributed by atoms with Crippen molar-refractivity contribution < 1.29 is 4.74 Å². The van der Waals surface area contributed by atoms with E-state index < -0.39 is 0 Å². The molecule has 0 bridgehead atoms. The normalized spacial score (nSPS) is 13.1. The molecule has 0 saturated carbocycles. The van der Waals surface area contributed by atoms with Crippen LogP contribution in [0, 0.1) is 0 Å². The Balaban J connectivity index is 2.33. The average Bonchev–Trinajstić information content (AvgIpc) is 2.19. The highest BCUT2D eigenvalue weighted by atomic mass is 16.5. The quantitative estimate of drug-likeness (QED) is 0.740. The van der Waals surface area contributed by atoms with Crippen LogP contribution in [-0.2, 0) is 11.3 Å². The van der Waals surface area contributed by atoms with Gasteiger partial charge in [0.2, 0.25) is 0 Å². The first-order valence-corrected chi connectivity index (χ1v) is 5.04. The van der Waals surface area contributed by atoms with Crippen LogP contribution in [0.25, 0.3) is 0 Å². The first-order chi connectivity index (χ1) is 7.22. The number of ether oxygens (including phenoxy) is 1. The van der Waals surface area contributed by atoms with Gasteiger partial charge in [0.15, 0.2) is 0 Å². The van der Waals surface area contributed by atoms with Crippen LogP contribution in [0.4, 0.5) is 0 Å². The van der Waals surface area contributed by atoms with E-state index in [9.17, 15) is 0 Å². The van der Waals surface area contributed by atoms with Crippen molar-refractivity contribution >= 4 is 0 Å². The molecule has 0 aliphatic carbocycles. The van der Waals surface area contributed by atoms with E-state index in [1.807, 2.05) is 19.3 Å². The molecule has 1 aromatic rings. The van der Waals surface area contributed by atoms with Crippen LogP contribution in [0.5, 0.6) is 0 Å². The zero-order valence-electron chi connectivity index (χ0n) is 9.39. The molecular formula is C11H19N3O. The standard InChI is InChI=1S/C11H19N3O/c1-14(8-11(12)9-15-2)7-10-4-3-5-13-6-10/h3-6,11H,7-9,12H2,1-2H3. The molecule has 1 aromatic heterocycles. The van der Waals surface area contributed by atoms with Gasteiger partial charge in [0.05, 0.1) is 6.61 Å². The van der Waals surface area contributed by atoms with Crippen molar-refractivity contribution in [3.05, 3.63) is 30.1 Å². The van der Waals surface area contributed by atoms with Gasteiger partial charge in [0.25, 0.3) is 0 Å². The van der Waals surface area contributed by atoms with Gasteiger partial charge >= 0.3 is 0 Å². The molecule has 84 valence electrons. The Kier molecular flexibility index (Phi) is 5.25. The number of hydrogen-bond donors (Lipinski definition) is 1. The lowest BCUT2D eigenvalue weighted by atomic mass is 10.2. The molecule has 0 amide bonds. The van der Waals surface area contributed by atoms with Gasteiger partial charge in [0.1, 0.15) is 0 Å². The zero-order chi connectivity index (χ0) is 11.1. The van der Waals surface area contributed by atoms with Crippen LogP contribution in [0.3, 0.4) is 0 Å². The SMILES string of the molecule is COCC(N)CN(C)Cc1cccnc1. The van der Waals surface area contributed by atoms with Gasteiger partial charge in [-0.15, -0.1) is 0 Å². The summed E-state index contributed by atoms with van der Waals surface area (Å²) < 4.78 is 4.99. The maximum atomic E-state index is 5.86. The number of likely N-dealkylation sites (N-methyl/N-ethyl adjacent to an activating group) is 1. The third-order valence-electron chi connectivity index (χ3n) is 2.10. The van der Waals surface area contributed by atoms with E-state index in [1.165, 1.54) is 5.56 Å². The molecule has 0 fully saturated rings. The Bertz CT molecular complexity index is 266. The van der Waals surface area contributed by atoms with Gasteiger partial charge in [-0.3, -0.25) is 4.98 Å². The zero-order valence-corrected chi connectivity index (χ0v) is 9.39. The summed E-state index contributed by atoms with van der Waals surface area (Å²) in [4.78, 5) is 6.24. The highest BCUT2D eigenvalue weighted by Crippen LogP contribution is 2.00. The number of aromatic nitrogens is 1. The summed E-state index contributed by atoms with van der Waals surface area (Å²) in [6.07, 6.45) is 3.65. The Morgan fingerprint density at radius 2 is 2.40 bits per heavy atom. The van der Waals surface area contributed by atoms with Gasteiger partial charge < -0.3 is 15.4 Å². The number of nitrogens with zero attached hydrogens (tertiary/aromatic N) is 2. The van der Waals surface area contributed by atoms with Crippen LogP contribution in [0.15, 0.2) is 24.5 Å². The molecule has 15 heavy (non-hydrogen) atoms. The summed E-state index contributed by atoms with van der Waals surface area (Å²) in [5.74, 6) is 0. The van der Waals surface area contributed by atoms with Crippen molar-refractivity contribution in [3.63, 3.8) is 0 Å². The van der Waals surface area contributed by atoms with Crippen LogP contribution >= 0.6 is 0 Å². The summed E-state index contributed by atoms with van der Waals surface area (Å²) in [5.41, 5.74) is 7.06. The van der Waals surface area contributed by atoms with Gasteiger partial charge in [-0.2, -0.15) is 0 Å². The molecular weight excluding hydrogens is 190 g/mol.